The Hall–Kier alpha value is -2.16. The number of hydrogen-bond acceptors (Lipinski definition) is 6. The average Bonchev–Trinajstić information content (AvgIpc) is 3.28. The van der Waals surface area contributed by atoms with Gasteiger partial charge in [0.1, 0.15) is 6.61 Å². The predicted octanol–water partition coefficient (Wildman–Crippen LogP) is 7.63. The van der Waals surface area contributed by atoms with Gasteiger partial charge in [-0.3, -0.25) is 4.79 Å². The summed E-state index contributed by atoms with van der Waals surface area (Å²) in [6.07, 6.45) is 10.5. The molecule has 220 valence electrons. The summed E-state index contributed by atoms with van der Waals surface area (Å²) in [6, 6.07) is 2.88. The highest BCUT2D eigenvalue weighted by Gasteiger charge is 2.71. The number of allylic oxidation sites excluding steroid dienone is 1. The summed E-state index contributed by atoms with van der Waals surface area (Å²) in [5.74, 6) is 1.51. The first-order valence-corrected chi connectivity index (χ1v) is 15.6. The topological polar surface area (TPSA) is 88.8 Å². The van der Waals surface area contributed by atoms with Gasteiger partial charge >= 0.3 is 11.9 Å². The summed E-state index contributed by atoms with van der Waals surface area (Å²) in [4.78, 5) is 28.8. The van der Waals surface area contributed by atoms with Gasteiger partial charge in [0.2, 0.25) is 0 Å². The Morgan fingerprint density at radius 1 is 0.925 bits per heavy atom. The molecule has 5 rings (SSSR count). The molecular formula is C34H50N2O4. The van der Waals surface area contributed by atoms with Gasteiger partial charge in [-0.1, -0.05) is 45.0 Å². The highest BCUT2D eigenvalue weighted by molar-refractivity contribution is 5.91. The molecule has 1 unspecified atom stereocenters. The second-order valence-corrected chi connectivity index (χ2v) is 15.3. The molecule has 6 heteroatoms. The van der Waals surface area contributed by atoms with E-state index in [9.17, 15) is 14.9 Å². The fourth-order valence-electron chi connectivity index (χ4n) is 11.7. The van der Waals surface area contributed by atoms with Crippen molar-refractivity contribution in [1.82, 2.24) is 0 Å². The first-order valence-electron chi connectivity index (χ1n) is 15.6. The molecule has 0 aromatic heterocycles. The molecule has 10 atom stereocenters. The van der Waals surface area contributed by atoms with Gasteiger partial charge in [0.25, 0.3) is 0 Å². The number of fused-ring (bicyclic) bond motifs is 7. The average molecular weight is 551 g/mol. The van der Waals surface area contributed by atoms with Gasteiger partial charge in [0, 0.05) is 19.3 Å². The molecule has 0 N–H and O–H groups in total. The minimum atomic E-state index is -0.480. The maximum absolute atomic E-state index is 12.0. The van der Waals surface area contributed by atoms with Crippen molar-refractivity contribution in [3.8, 4) is 6.07 Å². The molecule has 0 radical (unpaired) electrons. The van der Waals surface area contributed by atoms with Crippen LogP contribution in [0.5, 0.6) is 0 Å². The molecule has 0 heterocycles. The molecule has 0 bridgehead atoms. The molecular weight excluding hydrogens is 500 g/mol. The van der Waals surface area contributed by atoms with E-state index in [1.54, 1.807) is 0 Å². The Bertz CT molecular complexity index is 1170. The number of rotatable bonds is 4. The van der Waals surface area contributed by atoms with Crippen molar-refractivity contribution in [2.24, 2.45) is 61.8 Å². The van der Waals surface area contributed by atoms with E-state index in [-0.39, 0.29) is 40.2 Å². The van der Waals surface area contributed by atoms with Crippen LogP contribution in [0, 0.1) is 68.0 Å². The van der Waals surface area contributed by atoms with E-state index < -0.39 is 11.4 Å². The molecule has 6 nitrogen and oxygen atoms in total. The monoisotopic (exact) mass is 550 g/mol. The van der Waals surface area contributed by atoms with E-state index in [1.807, 2.05) is 0 Å². The summed E-state index contributed by atoms with van der Waals surface area (Å²) in [5.41, 5.74) is 1.84. The van der Waals surface area contributed by atoms with Crippen molar-refractivity contribution >= 4 is 17.7 Å². The third-order valence-electron chi connectivity index (χ3n) is 13.7. The zero-order valence-corrected chi connectivity index (χ0v) is 25.9. The lowest BCUT2D eigenvalue weighted by atomic mass is 9.32. The summed E-state index contributed by atoms with van der Waals surface area (Å²) >= 11 is 0. The Labute approximate surface area is 241 Å². The minimum Gasteiger partial charge on any atom is -0.465 e. The normalized spacial score (nSPS) is 48.5. The quantitative estimate of drug-likeness (QED) is 0.155. The minimum absolute atomic E-state index is 0.0539. The Morgan fingerprint density at radius 2 is 1.65 bits per heavy atom. The maximum Gasteiger partial charge on any atom is 0.331 e. The van der Waals surface area contributed by atoms with Crippen molar-refractivity contribution in [2.45, 2.75) is 113 Å². The number of ether oxygens (including phenoxy) is 1. The second kappa shape index (κ2) is 9.70. The van der Waals surface area contributed by atoms with Crippen LogP contribution in [-0.2, 0) is 19.2 Å². The third kappa shape index (κ3) is 3.96. The standard InChI is InChI=1S/C34H50N2O4/c1-21(2)24-11-16-34(19-35)18-17-32(7)25(29(24)34)9-10-27-30(5)14-13-28(36-40-23(4)38)31(6,20-39-22(3)37)26(30)12-15-33(27,32)8/h24-27,29H,1,9-18,20H2,2-8H3/b36-28-/t24-,25+,26+,27+,29+,30-,31?,32+,33+,34+/m0/s1. The van der Waals surface area contributed by atoms with E-state index in [2.05, 4.69) is 52.4 Å². The predicted molar refractivity (Wildman–Crippen MR) is 155 cm³/mol. The lowest BCUT2D eigenvalue weighted by molar-refractivity contribution is -0.227. The van der Waals surface area contributed by atoms with Crippen LogP contribution < -0.4 is 0 Å². The van der Waals surface area contributed by atoms with Crippen molar-refractivity contribution in [3.63, 3.8) is 0 Å². The summed E-state index contributed by atoms with van der Waals surface area (Å²) < 4.78 is 5.69. The van der Waals surface area contributed by atoms with Crippen LogP contribution >= 0.6 is 0 Å². The van der Waals surface area contributed by atoms with E-state index in [0.717, 1.165) is 57.1 Å². The van der Waals surface area contributed by atoms with E-state index >= 15 is 0 Å². The fourth-order valence-corrected chi connectivity index (χ4v) is 11.7. The number of nitrogens with zero attached hydrogens (tertiary/aromatic N) is 2. The van der Waals surface area contributed by atoms with Crippen molar-refractivity contribution < 1.29 is 19.2 Å². The van der Waals surface area contributed by atoms with Crippen molar-refractivity contribution in [2.75, 3.05) is 6.61 Å². The number of carbonyl (C=O) groups is 2. The van der Waals surface area contributed by atoms with Crippen LogP contribution in [0.25, 0.3) is 0 Å². The Kier molecular flexibility index (Phi) is 7.12. The van der Waals surface area contributed by atoms with Crippen LogP contribution in [-0.4, -0.2) is 24.3 Å². The second-order valence-electron chi connectivity index (χ2n) is 15.3. The maximum atomic E-state index is 12.0. The first kappa shape index (κ1) is 29.3. The molecule has 5 aliphatic carbocycles. The van der Waals surface area contributed by atoms with Crippen LogP contribution in [0.2, 0.25) is 0 Å². The number of esters is 1. The van der Waals surface area contributed by atoms with E-state index in [0.29, 0.717) is 23.7 Å². The van der Waals surface area contributed by atoms with Crippen LogP contribution in [0.3, 0.4) is 0 Å². The Balaban J connectivity index is 1.53. The van der Waals surface area contributed by atoms with Gasteiger partial charge < -0.3 is 9.57 Å². The largest absolute Gasteiger partial charge is 0.465 e. The number of hydrogen-bond donors (Lipinski definition) is 0. The molecule has 0 aromatic rings. The zero-order valence-electron chi connectivity index (χ0n) is 25.9. The molecule has 0 saturated heterocycles. The molecule has 5 fully saturated rings. The first-order chi connectivity index (χ1) is 18.7. The van der Waals surface area contributed by atoms with Crippen LogP contribution in [0.15, 0.2) is 17.3 Å². The van der Waals surface area contributed by atoms with Gasteiger partial charge in [-0.2, -0.15) is 5.26 Å². The number of oxime groups is 1. The molecule has 40 heavy (non-hydrogen) atoms. The van der Waals surface area contributed by atoms with Crippen LogP contribution in [0.4, 0.5) is 0 Å². The Morgan fingerprint density at radius 3 is 2.27 bits per heavy atom. The van der Waals surface area contributed by atoms with Gasteiger partial charge in [-0.05, 0) is 117 Å². The summed E-state index contributed by atoms with van der Waals surface area (Å²) in [7, 11) is 0. The highest BCUT2D eigenvalue weighted by Crippen LogP contribution is 2.77. The summed E-state index contributed by atoms with van der Waals surface area (Å²) in [5, 5.41) is 14.9. The van der Waals surface area contributed by atoms with Crippen molar-refractivity contribution in [1.29, 1.82) is 5.26 Å². The van der Waals surface area contributed by atoms with Gasteiger partial charge in [-0.15, -0.1) is 0 Å². The fraction of sp³-hybridized carbons (Fsp3) is 0.824. The van der Waals surface area contributed by atoms with E-state index in [1.165, 1.54) is 32.3 Å². The molecule has 0 amide bonds. The lowest BCUT2D eigenvalue weighted by Crippen LogP contribution is -2.67. The molecule has 0 aliphatic heterocycles. The highest BCUT2D eigenvalue weighted by atomic mass is 16.7. The number of carbonyl (C=O) groups excluding carboxylic acids is 2. The lowest BCUT2D eigenvalue weighted by Gasteiger charge is -2.72. The molecule has 5 saturated carbocycles. The smallest absolute Gasteiger partial charge is 0.331 e. The van der Waals surface area contributed by atoms with Gasteiger partial charge in [-0.25, -0.2) is 4.79 Å². The molecule has 5 aliphatic rings. The van der Waals surface area contributed by atoms with Crippen molar-refractivity contribution in [3.05, 3.63) is 12.2 Å². The zero-order chi connectivity index (χ0) is 29.3. The molecule has 0 spiro atoms. The van der Waals surface area contributed by atoms with E-state index in [4.69, 9.17) is 9.57 Å². The summed E-state index contributed by atoms with van der Waals surface area (Å²) in [6.45, 7) is 19.5. The third-order valence-corrected chi connectivity index (χ3v) is 13.7. The molecule has 0 aromatic carbocycles. The van der Waals surface area contributed by atoms with Crippen LogP contribution in [0.1, 0.15) is 113 Å². The van der Waals surface area contributed by atoms with Gasteiger partial charge in [0.15, 0.2) is 0 Å². The van der Waals surface area contributed by atoms with Gasteiger partial charge in [0.05, 0.1) is 17.2 Å². The SMILES string of the molecule is C=C(C)[C@@H]1CC[C@]2(C#N)CC[C@]3(C)[C@H](CC[C@@H]4[C@@]5(C)CC/C(=N/OC(C)=O)C(C)(COC(C)=O)[C@@H]5CC[C@]43C)[C@@H]12. The number of nitriles is 1.